The van der Waals surface area contributed by atoms with E-state index < -0.39 is 6.04 Å². The summed E-state index contributed by atoms with van der Waals surface area (Å²) in [6.45, 7) is 1.38. The Bertz CT molecular complexity index is 511. The molecule has 1 aromatic rings. The molecule has 1 aliphatic heterocycles. The van der Waals surface area contributed by atoms with E-state index in [0.717, 1.165) is 12.1 Å². The van der Waals surface area contributed by atoms with Crippen LogP contribution in [-0.4, -0.2) is 35.8 Å². The Labute approximate surface area is 125 Å². The first-order chi connectivity index (χ1) is 10.2. The number of hydrogen-bond acceptors (Lipinski definition) is 2. The Kier molecular flexibility index (Phi) is 4.23. The fourth-order valence-electron chi connectivity index (χ4n) is 3.05. The summed E-state index contributed by atoms with van der Waals surface area (Å²) >= 11 is 0. The smallest absolute Gasteiger partial charge is 0.245 e. The third-order valence-corrected chi connectivity index (χ3v) is 4.54. The van der Waals surface area contributed by atoms with E-state index in [1.807, 2.05) is 35.2 Å². The number of amides is 2. The molecule has 2 fully saturated rings. The van der Waals surface area contributed by atoms with Crippen LogP contribution < -0.4 is 5.32 Å². The van der Waals surface area contributed by atoms with Crippen molar-refractivity contribution in [1.29, 1.82) is 0 Å². The standard InChI is InChI=1S/C17H22N2O2/c20-16-9-10-19(12-14-7-4-8-14)17(21)15(18-16)11-13-5-2-1-3-6-13/h1-3,5-6,14-15H,4,7-12H2,(H,18,20). The molecule has 21 heavy (non-hydrogen) atoms. The zero-order chi connectivity index (χ0) is 14.7. The highest BCUT2D eigenvalue weighted by Gasteiger charge is 2.32. The van der Waals surface area contributed by atoms with Crippen LogP contribution in [0.1, 0.15) is 31.2 Å². The first-order valence-electron chi connectivity index (χ1n) is 7.84. The average Bonchev–Trinajstić information content (AvgIpc) is 2.57. The summed E-state index contributed by atoms with van der Waals surface area (Å²) in [5, 5.41) is 2.89. The van der Waals surface area contributed by atoms with Crippen LogP contribution in [0.25, 0.3) is 0 Å². The SMILES string of the molecule is O=C1CCN(CC2CCC2)C(=O)C(Cc2ccccc2)N1. The van der Waals surface area contributed by atoms with Crippen molar-refractivity contribution in [2.24, 2.45) is 5.92 Å². The summed E-state index contributed by atoms with van der Waals surface area (Å²) in [5.74, 6) is 0.705. The van der Waals surface area contributed by atoms with Gasteiger partial charge in [-0.25, -0.2) is 0 Å². The summed E-state index contributed by atoms with van der Waals surface area (Å²) in [6, 6.07) is 9.47. The molecule has 1 aromatic carbocycles. The third-order valence-electron chi connectivity index (χ3n) is 4.54. The third kappa shape index (κ3) is 3.43. The van der Waals surface area contributed by atoms with Crippen molar-refractivity contribution in [3.8, 4) is 0 Å². The number of rotatable bonds is 4. The number of nitrogens with one attached hydrogen (secondary N) is 1. The van der Waals surface area contributed by atoms with Gasteiger partial charge in [0.1, 0.15) is 6.04 Å². The summed E-state index contributed by atoms with van der Waals surface area (Å²) in [4.78, 5) is 26.4. The zero-order valence-corrected chi connectivity index (χ0v) is 12.3. The van der Waals surface area contributed by atoms with Gasteiger partial charge >= 0.3 is 0 Å². The number of carbonyl (C=O) groups excluding carboxylic acids is 2. The molecule has 4 nitrogen and oxygen atoms in total. The number of benzene rings is 1. The fraction of sp³-hybridized carbons (Fsp3) is 0.529. The molecule has 1 heterocycles. The predicted molar refractivity (Wildman–Crippen MR) is 80.6 cm³/mol. The van der Waals surface area contributed by atoms with Crippen molar-refractivity contribution in [3.63, 3.8) is 0 Å². The molecule has 1 N–H and O–H groups in total. The maximum Gasteiger partial charge on any atom is 0.245 e. The molecule has 0 radical (unpaired) electrons. The second-order valence-electron chi connectivity index (χ2n) is 6.14. The molecule has 1 aliphatic carbocycles. The van der Waals surface area contributed by atoms with Crippen LogP contribution in [-0.2, 0) is 16.0 Å². The highest BCUT2D eigenvalue weighted by Crippen LogP contribution is 2.27. The normalized spacial score (nSPS) is 23.4. The van der Waals surface area contributed by atoms with Gasteiger partial charge in [-0.05, 0) is 24.3 Å². The van der Waals surface area contributed by atoms with Gasteiger partial charge in [0.05, 0.1) is 0 Å². The van der Waals surface area contributed by atoms with Crippen LogP contribution in [0, 0.1) is 5.92 Å². The highest BCUT2D eigenvalue weighted by molar-refractivity contribution is 5.90. The maximum absolute atomic E-state index is 12.7. The molecule has 3 rings (SSSR count). The lowest BCUT2D eigenvalue weighted by Gasteiger charge is -2.32. The van der Waals surface area contributed by atoms with Crippen LogP contribution in [0.2, 0.25) is 0 Å². The maximum atomic E-state index is 12.7. The van der Waals surface area contributed by atoms with Crippen LogP contribution in [0.5, 0.6) is 0 Å². The molecule has 0 bridgehead atoms. The number of carbonyl (C=O) groups is 2. The van der Waals surface area contributed by atoms with E-state index in [-0.39, 0.29) is 11.8 Å². The van der Waals surface area contributed by atoms with Gasteiger partial charge in [-0.1, -0.05) is 36.8 Å². The van der Waals surface area contributed by atoms with Crippen molar-refractivity contribution in [3.05, 3.63) is 35.9 Å². The molecule has 0 spiro atoms. The molecule has 1 atom stereocenters. The molecule has 1 unspecified atom stereocenters. The van der Waals surface area contributed by atoms with E-state index in [2.05, 4.69) is 5.32 Å². The van der Waals surface area contributed by atoms with Crippen molar-refractivity contribution < 1.29 is 9.59 Å². The Morgan fingerprint density at radius 1 is 1.14 bits per heavy atom. The van der Waals surface area contributed by atoms with Crippen molar-refractivity contribution in [2.75, 3.05) is 13.1 Å². The lowest BCUT2D eigenvalue weighted by Crippen LogP contribution is -2.47. The van der Waals surface area contributed by atoms with Crippen molar-refractivity contribution in [1.82, 2.24) is 10.2 Å². The Morgan fingerprint density at radius 3 is 2.57 bits per heavy atom. The second kappa shape index (κ2) is 6.29. The van der Waals surface area contributed by atoms with E-state index in [4.69, 9.17) is 0 Å². The van der Waals surface area contributed by atoms with Crippen molar-refractivity contribution >= 4 is 11.8 Å². The van der Waals surface area contributed by atoms with Crippen LogP contribution in [0.4, 0.5) is 0 Å². The molecule has 1 saturated carbocycles. The minimum absolute atomic E-state index is 0.0135. The molecule has 112 valence electrons. The Balaban J connectivity index is 1.70. The van der Waals surface area contributed by atoms with E-state index in [0.29, 0.717) is 25.3 Å². The molecule has 2 amide bonds. The van der Waals surface area contributed by atoms with Gasteiger partial charge in [-0.2, -0.15) is 0 Å². The van der Waals surface area contributed by atoms with Crippen LogP contribution in [0.15, 0.2) is 30.3 Å². The van der Waals surface area contributed by atoms with E-state index in [1.165, 1.54) is 19.3 Å². The predicted octanol–water partition coefficient (Wildman–Crippen LogP) is 1.75. The van der Waals surface area contributed by atoms with Gasteiger partial charge in [0.15, 0.2) is 0 Å². The first-order valence-corrected chi connectivity index (χ1v) is 7.84. The first kappa shape index (κ1) is 14.1. The molecular weight excluding hydrogens is 264 g/mol. The minimum Gasteiger partial charge on any atom is -0.344 e. The summed E-state index contributed by atoms with van der Waals surface area (Å²) in [7, 11) is 0. The zero-order valence-electron chi connectivity index (χ0n) is 12.3. The van der Waals surface area contributed by atoms with Gasteiger partial charge < -0.3 is 10.2 Å². The van der Waals surface area contributed by atoms with E-state index in [9.17, 15) is 9.59 Å². The number of hydrogen-bond donors (Lipinski definition) is 1. The molecule has 1 saturated heterocycles. The molecule has 0 aromatic heterocycles. The Morgan fingerprint density at radius 2 is 1.90 bits per heavy atom. The van der Waals surface area contributed by atoms with Crippen LogP contribution in [0.3, 0.4) is 0 Å². The van der Waals surface area contributed by atoms with Crippen molar-refractivity contribution in [2.45, 2.75) is 38.1 Å². The average molecular weight is 286 g/mol. The summed E-state index contributed by atoms with van der Waals surface area (Å²) in [6.07, 6.45) is 4.71. The lowest BCUT2D eigenvalue weighted by molar-refractivity contribution is -0.134. The Hall–Kier alpha value is -1.84. The van der Waals surface area contributed by atoms with Gasteiger partial charge in [0.2, 0.25) is 11.8 Å². The topological polar surface area (TPSA) is 49.4 Å². The second-order valence-corrected chi connectivity index (χ2v) is 6.14. The van der Waals surface area contributed by atoms with Gasteiger partial charge in [0.25, 0.3) is 0 Å². The summed E-state index contributed by atoms with van der Waals surface area (Å²) < 4.78 is 0. The highest BCUT2D eigenvalue weighted by atomic mass is 16.2. The molecular formula is C17H22N2O2. The van der Waals surface area contributed by atoms with Crippen LogP contribution >= 0.6 is 0 Å². The van der Waals surface area contributed by atoms with Gasteiger partial charge in [0, 0.05) is 25.9 Å². The van der Waals surface area contributed by atoms with Gasteiger partial charge in [-0.3, -0.25) is 9.59 Å². The molecule has 4 heteroatoms. The monoisotopic (exact) mass is 286 g/mol. The van der Waals surface area contributed by atoms with E-state index >= 15 is 0 Å². The summed E-state index contributed by atoms with van der Waals surface area (Å²) in [5.41, 5.74) is 1.08. The number of nitrogens with zero attached hydrogens (tertiary/aromatic N) is 1. The largest absolute Gasteiger partial charge is 0.344 e. The van der Waals surface area contributed by atoms with Gasteiger partial charge in [-0.15, -0.1) is 0 Å². The quantitative estimate of drug-likeness (QED) is 0.916. The van der Waals surface area contributed by atoms with E-state index in [1.54, 1.807) is 0 Å². The fourth-order valence-corrected chi connectivity index (χ4v) is 3.05. The minimum atomic E-state index is -0.414. The molecule has 2 aliphatic rings. The lowest BCUT2D eigenvalue weighted by atomic mass is 9.85.